The van der Waals surface area contributed by atoms with Crippen molar-refractivity contribution in [3.63, 3.8) is 0 Å². The second-order valence-corrected chi connectivity index (χ2v) is 9.32. The topological polar surface area (TPSA) is 64.1 Å². The van der Waals surface area contributed by atoms with Gasteiger partial charge >= 0.3 is 0 Å². The molecule has 7 nitrogen and oxygen atoms in total. The molecule has 0 N–H and O–H groups in total. The highest BCUT2D eigenvalue weighted by atomic mass is 32.1. The van der Waals surface area contributed by atoms with E-state index >= 15 is 0 Å². The number of nitrogens with zero attached hydrogens (tertiary/aromatic N) is 3. The number of methoxy groups -OCH3 is 2. The average molecular weight is 486 g/mol. The van der Waals surface area contributed by atoms with E-state index in [9.17, 15) is 4.79 Å². The summed E-state index contributed by atoms with van der Waals surface area (Å²) in [6.07, 6.45) is 4.08. The van der Waals surface area contributed by atoms with Gasteiger partial charge in [-0.05, 0) is 63.8 Å². The number of thiazole rings is 1. The Bertz CT molecular complexity index is 1040. The largest absolute Gasteiger partial charge is 0.495 e. The Kier molecular flexibility index (Phi) is 9.53. The molecule has 1 amide bonds. The lowest BCUT2D eigenvalue weighted by Crippen LogP contribution is -2.33. The van der Waals surface area contributed by atoms with Crippen molar-refractivity contribution in [3.05, 3.63) is 42.0 Å². The maximum atomic E-state index is 13.7. The molecule has 3 rings (SSSR count). The van der Waals surface area contributed by atoms with Crippen LogP contribution in [0.1, 0.15) is 43.0 Å². The SMILES string of the molecule is CCCCCOc1cccc(C(=O)N(CCCN(C)C)c2nc3c(OC)ccc(OC)c3s2)c1. The van der Waals surface area contributed by atoms with Gasteiger partial charge in [0.05, 0.1) is 20.8 Å². The maximum Gasteiger partial charge on any atom is 0.260 e. The zero-order valence-electron chi connectivity index (χ0n) is 20.8. The normalized spacial score (nSPS) is 11.1. The summed E-state index contributed by atoms with van der Waals surface area (Å²) in [7, 11) is 7.30. The van der Waals surface area contributed by atoms with Crippen LogP contribution in [0.4, 0.5) is 5.13 Å². The number of benzene rings is 2. The molecule has 0 atom stereocenters. The van der Waals surface area contributed by atoms with E-state index in [4.69, 9.17) is 19.2 Å². The zero-order chi connectivity index (χ0) is 24.5. The van der Waals surface area contributed by atoms with Crippen LogP contribution in [-0.2, 0) is 0 Å². The Balaban J connectivity index is 1.93. The molecule has 0 aliphatic heterocycles. The third-order valence-corrected chi connectivity index (χ3v) is 6.55. The number of carbonyl (C=O) groups excluding carboxylic acids is 1. The van der Waals surface area contributed by atoms with Gasteiger partial charge in [0.1, 0.15) is 27.5 Å². The van der Waals surface area contributed by atoms with Crippen molar-refractivity contribution in [2.45, 2.75) is 32.6 Å². The van der Waals surface area contributed by atoms with Crippen molar-refractivity contribution in [1.29, 1.82) is 0 Å². The van der Waals surface area contributed by atoms with E-state index in [1.165, 1.54) is 11.3 Å². The van der Waals surface area contributed by atoms with Gasteiger partial charge in [-0.15, -0.1) is 0 Å². The van der Waals surface area contributed by atoms with E-state index in [1.54, 1.807) is 19.1 Å². The molecule has 1 aromatic heterocycles. The minimum absolute atomic E-state index is 0.102. The molecule has 0 saturated heterocycles. The van der Waals surface area contributed by atoms with E-state index in [2.05, 4.69) is 11.8 Å². The van der Waals surface area contributed by atoms with Gasteiger partial charge in [0, 0.05) is 12.1 Å². The number of hydrogen-bond donors (Lipinski definition) is 0. The van der Waals surface area contributed by atoms with Crippen LogP contribution in [0.2, 0.25) is 0 Å². The molecule has 0 fully saturated rings. The van der Waals surface area contributed by atoms with Crippen LogP contribution >= 0.6 is 11.3 Å². The van der Waals surface area contributed by atoms with Crippen molar-refractivity contribution in [2.75, 3.05) is 52.9 Å². The van der Waals surface area contributed by atoms with E-state index < -0.39 is 0 Å². The number of aromatic nitrogens is 1. The first-order valence-corrected chi connectivity index (χ1v) is 12.5. The Morgan fingerprint density at radius 2 is 1.76 bits per heavy atom. The van der Waals surface area contributed by atoms with Crippen LogP contribution in [0.15, 0.2) is 36.4 Å². The lowest BCUT2D eigenvalue weighted by Gasteiger charge is -2.21. The van der Waals surface area contributed by atoms with Gasteiger partial charge in [-0.2, -0.15) is 0 Å². The summed E-state index contributed by atoms with van der Waals surface area (Å²) in [6.45, 7) is 4.22. The van der Waals surface area contributed by atoms with Crippen molar-refractivity contribution in [1.82, 2.24) is 9.88 Å². The molecule has 1 heterocycles. The first-order chi connectivity index (χ1) is 16.5. The fourth-order valence-electron chi connectivity index (χ4n) is 3.64. The Labute approximate surface area is 206 Å². The minimum atomic E-state index is -0.102. The summed E-state index contributed by atoms with van der Waals surface area (Å²) in [6, 6.07) is 11.1. The van der Waals surface area contributed by atoms with E-state index in [0.717, 1.165) is 36.9 Å². The number of amides is 1. The number of rotatable bonds is 13. The third-order valence-electron chi connectivity index (χ3n) is 5.46. The number of hydrogen-bond acceptors (Lipinski definition) is 7. The third kappa shape index (κ3) is 6.39. The first-order valence-electron chi connectivity index (χ1n) is 11.7. The molecule has 0 bridgehead atoms. The van der Waals surface area contributed by atoms with Crippen LogP contribution in [0.3, 0.4) is 0 Å². The van der Waals surface area contributed by atoms with Crippen LogP contribution in [-0.4, -0.2) is 63.8 Å². The molecule has 0 radical (unpaired) electrons. The smallest absolute Gasteiger partial charge is 0.260 e. The Hall–Kier alpha value is -2.84. The van der Waals surface area contributed by atoms with E-state index in [0.29, 0.717) is 46.6 Å². The molecule has 0 aliphatic carbocycles. The second-order valence-electron chi connectivity index (χ2n) is 8.34. The van der Waals surface area contributed by atoms with Crippen molar-refractivity contribution in [2.24, 2.45) is 0 Å². The number of ether oxygens (including phenoxy) is 3. The highest BCUT2D eigenvalue weighted by Crippen LogP contribution is 2.40. The molecular weight excluding hydrogens is 450 g/mol. The molecule has 0 aliphatic rings. The second kappa shape index (κ2) is 12.6. The van der Waals surface area contributed by atoms with Crippen LogP contribution in [0, 0.1) is 0 Å². The monoisotopic (exact) mass is 485 g/mol. The lowest BCUT2D eigenvalue weighted by molar-refractivity contribution is 0.0985. The van der Waals surface area contributed by atoms with Crippen molar-refractivity contribution < 1.29 is 19.0 Å². The predicted molar refractivity (Wildman–Crippen MR) is 139 cm³/mol. The Morgan fingerprint density at radius 1 is 1.00 bits per heavy atom. The quantitative estimate of drug-likeness (QED) is 0.299. The first kappa shape index (κ1) is 25.8. The van der Waals surface area contributed by atoms with E-state index in [1.807, 2.05) is 50.5 Å². The minimum Gasteiger partial charge on any atom is -0.495 e. The van der Waals surface area contributed by atoms with Crippen LogP contribution in [0.5, 0.6) is 17.2 Å². The molecular formula is C26H35N3O4S. The number of fused-ring (bicyclic) bond motifs is 1. The fraction of sp³-hybridized carbons (Fsp3) is 0.462. The van der Waals surface area contributed by atoms with Gasteiger partial charge in [0.2, 0.25) is 0 Å². The number of unbranched alkanes of at least 4 members (excludes halogenated alkanes) is 2. The predicted octanol–water partition coefficient (Wildman–Crippen LogP) is 5.48. The standard InChI is InChI=1S/C26H35N3O4S/c1-6-7-8-17-33-20-12-9-11-19(18-20)25(30)29(16-10-15-28(2)3)26-27-23-21(31-4)13-14-22(32-5)24(23)34-26/h9,11-14,18H,6-8,10,15-17H2,1-5H3. The summed E-state index contributed by atoms with van der Waals surface area (Å²) in [5.74, 6) is 1.97. The Morgan fingerprint density at radius 3 is 2.47 bits per heavy atom. The van der Waals surface area contributed by atoms with Crippen molar-refractivity contribution >= 4 is 32.6 Å². The summed E-state index contributed by atoms with van der Waals surface area (Å²) in [5, 5.41) is 0.621. The van der Waals surface area contributed by atoms with Crippen LogP contribution in [0.25, 0.3) is 10.2 Å². The molecule has 0 saturated carbocycles. The molecule has 8 heteroatoms. The molecule has 0 unspecified atom stereocenters. The van der Waals surface area contributed by atoms with E-state index in [-0.39, 0.29) is 5.91 Å². The number of carbonyl (C=O) groups is 1. The lowest BCUT2D eigenvalue weighted by atomic mass is 10.2. The number of anilines is 1. The molecule has 3 aromatic rings. The molecule has 34 heavy (non-hydrogen) atoms. The van der Waals surface area contributed by atoms with Gasteiger partial charge in [0.15, 0.2) is 5.13 Å². The fourth-order valence-corrected chi connectivity index (χ4v) is 4.73. The molecule has 2 aromatic carbocycles. The van der Waals surface area contributed by atoms with Crippen LogP contribution < -0.4 is 19.1 Å². The molecule has 0 spiro atoms. The summed E-state index contributed by atoms with van der Waals surface area (Å²) in [4.78, 5) is 22.4. The highest BCUT2D eigenvalue weighted by Gasteiger charge is 2.24. The molecule has 184 valence electrons. The van der Waals surface area contributed by atoms with Crippen molar-refractivity contribution in [3.8, 4) is 17.2 Å². The van der Waals surface area contributed by atoms with Gasteiger partial charge in [-0.3, -0.25) is 9.69 Å². The van der Waals surface area contributed by atoms with Gasteiger partial charge in [0.25, 0.3) is 5.91 Å². The summed E-state index contributed by atoms with van der Waals surface area (Å²) in [5.41, 5.74) is 1.27. The highest BCUT2D eigenvalue weighted by molar-refractivity contribution is 7.22. The average Bonchev–Trinajstić information content (AvgIpc) is 3.28. The zero-order valence-corrected chi connectivity index (χ0v) is 21.6. The van der Waals surface area contributed by atoms with Gasteiger partial charge in [-0.1, -0.05) is 37.2 Å². The van der Waals surface area contributed by atoms with Gasteiger partial charge < -0.3 is 19.1 Å². The summed E-state index contributed by atoms with van der Waals surface area (Å²) < 4.78 is 17.8. The summed E-state index contributed by atoms with van der Waals surface area (Å²) >= 11 is 1.44. The maximum absolute atomic E-state index is 13.7. The van der Waals surface area contributed by atoms with Gasteiger partial charge in [-0.25, -0.2) is 4.98 Å².